The molecule has 1 aromatic carbocycles. The number of ether oxygens (including phenoxy) is 1. The van der Waals surface area contributed by atoms with Crippen molar-refractivity contribution in [3.63, 3.8) is 0 Å². The second-order valence-electron chi connectivity index (χ2n) is 6.17. The summed E-state index contributed by atoms with van der Waals surface area (Å²) < 4.78 is 45.6. The molecule has 6 nitrogen and oxygen atoms in total. The molecule has 0 aliphatic carbocycles. The van der Waals surface area contributed by atoms with Crippen LogP contribution in [0.4, 0.5) is 18.9 Å². The first-order valence-corrected chi connectivity index (χ1v) is 8.68. The molecule has 152 valence electrons. The Morgan fingerprint density at radius 1 is 1.29 bits per heavy atom. The van der Waals surface area contributed by atoms with Crippen LogP contribution in [0.2, 0.25) is 5.02 Å². The molecule has 0 atom stereocenters. The normalized spacial score (nSPS) is 11.4. The molecule has 1 amide bonds. The summed E-state index contributed by atoms with van der Waals surface area (Å²) in [6.45, 7) is 3.01. The number of rotatable bonds is 6. The van der Waals surface area contributed by atoms with E-state index in [-0.39, 0.29) is 11.4 Å². The predicted octanol–water partition coefficient (Wildman–Crippen LogP) is 3.82. The van der Waals surface area contributed by atoms with Crippen LogP contribution in [0.25, 0.3) is 0 Å². The van der Waals surface area contributed by atoms with Gasteiger partial charge in [0.2, 0.25) is 0 Å². The highest BCUT2D eigenvalue weighted by atomic mass is 35.5. The van der Waals surface area contributed by atoms with Crippen LogP contribution >= 0.6 is 11.6 Å². The fourth-order valence-corrected chi connectivity index (χ4v) is 2.84. The van der Waals surface area contributed by atoms with Crippen molar-refractivity contribution in [3.8, 4) is 0 Å². The van der Waals surface area contributed by atoms with Gasteiger partial charge >= 0.3 is 12.1 Å². The highest BCUT2D eigenvalue weighted by Gasteiger charge is 2.34. The fraction of sp³-hybridized carbons (Fsp3) is 0.389. The average molecular weight is 418 g/mol. The Morgan fingerprint density at radius 3 is 2.54 bits per heavy atom. The van der Waals surface area contributed by atoms with Gasteiger partial charge in [-0.2, -0.15) is 18.3 Å². The molecular weight excluding hydrogens is 399 g/mol. The number of hydrogen-bond donors (Lipinski definition) is 1. The molecule has 1 heterocycles. The van der Waals surface area contributed by atoms with Crippen molar-refractivity contribution in [1.29, 1.82) is 0 Å². The van der Waals surface area contributed by atoms with Crippen molar-refractivity contribution >= 4 is 29.2 Å². The van der Waals surface area contributed by atoms with Gasteiger partial charge in [-0.1, -0.05) is 11.6 Å². The first kappa shape index (κ1) is 21.7. The van der Waals surface area contributed by atoms with Gasteiger partial charge in [0, 0.05) is 24.2 Å². The quantitative estimate of drug-likeness (QED) is 0.725. The van der Waals surface area contributed by atoms with Crippen molar-refractivity contribution < 1.29 is 27.5 Å². The van der Waals surface area contributed by atoms with Gasteiger partial charge in [-0.15, -0.1) is 0 Å². The number of halogens is 4. The van der Waals surface area contributed by atoms with Crippen LogP contribution in [0.5, 0.6) is 0 Å². The first-order chi connectivity index (χ1) is 13.0. The lowest BCUT2D eigenvalue weighted by molar-refractivity contribution is -0.147. The third-order valence-corrected chi connectivity index (χ3v) is 4.40. The molecule has 0 saturated heterocycles. The Hall–Kier alpha value is -2.55. The minimum absolute atomic E-state index is 0.0232. The van der Waals surface area contributed by atoms with Gasteiger partial charge in [0.15, 0.2) is 6.61 Å². The number of carbonyl (C=O) groups excluding carboxylic acids is 2. The maximum absolute atomic E-state index is 13.0. The van der Waals surface area contributed by atoms with E-state index in [1.54, 1.807) is 11.7 Å². The summed E-state index contributed by atoms with van der Waals surface area (Å²) in [4.78, 5) is 23.7. The predicted molar refractivity (Wildman–Crippen MR) is 97.0 cm³/mol. The molecule has 2 aromatic rings. The van der Waals surface area contributed by atoms with Gasteiger partial charge in [0.05, 0.1) is 16.9 Å². The van der Waals surface area contributed by atoms with Crippen LogP contribution in [-0.2, 0) is 34.0 Å². The number of nitrogens with one attached hydrogen (secondary N) is 1. The van der Waals surface area contributed by atoms with Crippen LogP contribution in [0.15, 0.2) is 18.2 Å². The summed E-state index contributed by atoms with van der Waals surface area (Å²) in [6.07, 6.45) is -4.28. The second kappa shape index (κ2) is 8.64. The molecule has 0 saturated carbocycles. The summed E-state index contributed by atoms with van der Waals surface area (Å²) in [7, 11) is 1.79. The zero-order valence-corrected chi connectivity index (χ0v) is 16.2. The van der Waals surface area contributed by atoms with Crippen molar-refractivity contribution in [3.05, 3.63) is 45.7 Å². The number of alkyl halides is 3. The number of aryl methyl sites for hydroxylation is 2. The van der Waals surface area contributed by atoms with Crippen LogP contribution in [0.3, 0.4) is 0 Å². The minimum atomic E-state index is -4.69. The summed E-state index contributed by atoms with van der Waals surface area (Å²) in [5.41, 5.74) is 1.10. The van der Waals surface area contributed by atoms with Gasteiger partial charge in [-0.05, 0) is 44.0 Å². The third-order valence-electron chi connectivity index (χ3n) is 4.16. The lowest BCUT2D eigenvalue weighted by Crippen LogP contribution is -2.23. The zero-order valence-electron chi connectivity index (χ0n) is 15.5. The maximum Gasteiger partial charge on any atom is 0.418 e. The van der Waals surface area contributed by atoms with Gasteiger partial charge < -0.3 is 10.1 Å². The van der Waals surface area contributed by atoms with Crippen LogP contribution in [0.1, 0.15) is 28.9 Å². The standard InChI is InChI=1S/C18H19ClF3N3O3/c1-10-13(11(2)25(3)24-10)5-7-17(27)28-9-16(26)23-15-6-4-12(19)8-14(15)18(20,21)22/h4,6,8H,5,7,9H2,1-3H3,(H,23,26). The Bertz CT molecular complexity index is 894. The minimum Gasteiger partial charge on any atom is -0.456 e. The zero-order chi connectivity index (χ0) is 21.1. The van der Waals surface area contributed by atoms with E-state index < -0.39 is 35.9 Å². The van der Waals surface area contributed by atoms with E-state index in [0.29, 0.717) is 12.5 Å². The maximum atomic E-state index is 13.0. The van der Waals surface area contributed by atoms with Crippen molar-refractivity contribution in [2.45, 2.75) is 32.9 Å². The molecule has 0 unspecified atom stereocenters. The third kappa shape index (κ3) is 5.48. The van der Waals surface area contributed by atoms with E-state index in [9.17, 15) is 22.8 Å². The number of anilines is 1. The molecule has 0 spiro atoms. The monoisotopic (exact) mass is 417 g/mol. The molecule has 2 rings (SSSR count). The number of amides is 1. The molecular formula is C18H19ClF3N3O3. The second-order valence-corrected chi connectivity index (χ2v) is 6.61. The molecule has 1 N–H and O–H groups in total. The van der Waals surface area contributed by atoms with Gasteiger partial charge in [-0.3, -0.25) is 14.3 Å². The Balaban J connectivity index is 1.90. The average Bonchev–Trinajstić information content (AvgIpc) is 2.84. The first-order valence-electron chi connectivity index (χ1n) is 8.30. The van der Waals surface area contributed by atoms with Gasteiger partial charge in [-0.25, -0.2) is 0 Å². The highest BCUT2D eigenvalue weighted by molar-refractivity contribution is 6.30. The summed E-state index contributed by atoms with van der Waals surface area (Å²) >= 11 is 5.58. The van der Waals surface area contributed by atoms with E-state index in [1.807, 2.05) is 13.8 Å². The van der Waals surface area contributed by atoms with E-state index in [0.717, 1.165) is 23.0 Å². The Morgan fingerprint density at radius 2 is 1.96 bits per heavy atom. The van der Waals surface area contributed by atoms with E-state index in [2.05, 4.69) is 10.4 Å². The van der Waals surface area contributed by atoms with Crippen molar-refractivity contribution in [2.75, 3.05) is 11.9 Å². The molecule has 0 aliphatic heterocycles. The molecule has 1 aromatic heterocycles. The van der Waals surface area contributed by atoms with Crippen LogP contribution in [0, 0.1) is 13.8 Å². The number of hydrogen-bond acceptors (Lipinski definition) is 4. The number of nitrogens with zero attached hydrogens (tertiary/aromatic N) is 2. The SMILES string of the molecule is Cc1nn(C)c(C)c1CCC(=O)OCC(=O)Nc1ccc(Cl)cc1C(F)(F)F. The summed E-state index contributed by atoms with van der Waals surface area (Å²) in [5, 5.41) is 6.22. The number of aromatic nitrogens is 2. The van der Waals surface area contributed by atoms with E-state index in [1.165, 1.54) is 6.07 Å². The summed E-state index contributed by atoms with van der Waals surface area (Å²) in [5.74, 6) is -1.51. The van der Waals surface area contributed by atoms with Gasteiger partial charge in [0.1, 0.15) is 0 Å². The lowest BCUT2D eigenvalue weighted by Gasteiger charge is -2.14. The van der Waals surface area contributed by atoms with Crippen LogP contribution < -0.4 is 5.32 Å². The van der Waals surface area contributed by atoms with Crippen molar-refractivity contribution in [1.82, 2.24) is 9.78 Å². The summed E-state index contributed by atoms with van der Waals surface area (Å²) in [6, 6.07) is 2.97. The molecule has 0 fully saturated rings. The fourth-order valence-electron chi connectivity index (χ4n) is 2.67. The van der Waals surface area contributed by atoms with E-state index >= 15 is 0 Å². The Kier molecular flexibility index (Phi) is 6.71. The number of esters is 1. The van der Waals surface area contributed by atoms with Crippen molar-refractivity contribution in [2.24, 2.45) is 7.05 Å². The lowest BCUT2D eigenvalue weighted by atomic mass is 10.1. The van der Waals surface area contributed by atoms with E-state index in [4.69, 9.17) is 16.3 Å². The highest BCUT2D eigenvalue weighted by Crippen LogP contribution is 2.36. The smallest absolute Gasteiger partial charge is 0.418 e. The number of carbonyl (C=O) groups is 2. The molecule has 0 radical (unpaired) electrons. The molecule has 10 heteroatoms. The van der Waals surface area contributed by atoms with Gasteiger partial charge in [0.25, 0.3) is 5.91 Å². The topological polar surface area (TPSA) is 73.2 Å². The van der Waals surface area contributed by atoms with Crippen LogP contribution in [-0.4, -0.2) is 28.3 Å². The molecule has 28 heavy (non-hydrogen) atoms. The molecule has 0 aliphatic rings. The Labute approximate surface area is 164 Å². The molecule has 0 bridgehead atoms. The largest absolute Gasteiger partial charge is 0.456 e. The number of benzene rings is 1.